The summed E-state index contributed by atoms with van der Waals surface area (Å²) >= 11 is 5.05. The van der Waals surface area contributed by atoms with Crippen molar-refractivity contribution < 1.29 is 14.3 Å². The van der Waals surface area contributed by atoms with E-state index >= 15 is 0 Å². The van der Waals surface area contributed by atoms with Crippen LogP contribution in [0.4, 0.5) is 0 Å². The van der Waals surface area contributed by atoms with E-state index < -0.39 is 0 Å². The molecule has 2 aromatic carbocycles. The second-order valence-electron chi connectivity index (χ2n) is 5.62. The third-order valence-electron chi connectivity index (χ3n) is 3.76. The fourth-order valence-corrected chi connectivity index (χ4v) is 2.64. The molecule has 1 aliphatic heterocycles. The minimum Gasteiger partial charge on any atom is -0.486 e. The molecule has 0 fully saturated rings. The van der Waals surface area contributed by atoms with Crippen molar-refractivity contribution in [3.63, 3.8) is 0 Å². The number of hydrogen-bond donors (Lipinski definition) is 1. The molecule has 24 heavy (non-hydrogen) atoms. The number of rotatable bonds is 3. The Kier molecular flexibility index (Phi) is 4.66. The fourth-order valence-electron chi connectivity index (χ4n) is 2.48. The highest BCUT2D eigenvalue weighted by Crippen LogP contribution is 2.31. The Balaban J connectivity index is 1.74. The van der Waals surface area contributed by atoms with E-state index in [4.69, 9.17) is 27.4 Å². The summed E-state index contributed by atoms with van der Waals surface area (Å²) < 4.78 is 11.6. The number of carbonyl (C=O) groups excluding carboxylic acids is 1. The molecule has 5 nitrogen and oxygen atoms in total. The van der Waals surface area contributed by atoms with Gasteiger partial charge in [-0.2, -0.15) is 0 Å². The van der Waals surface area contributed by atoms with Crippen molar-refractivity contribution in [2.24, 2.45) is 5.73 Å². The molecule has 0 spiro atoms. The molecule has 0 saturated carbocycles. The average molecular weight is 342 g/mol. The zero-order valence-electron chi connectivity index (χ0n) is 13.3. The number of para-hydroxylation sites is 2. The van der Waals surface area contributed by atoms with Crippen molar-refractivity contribution in [1.82, 2.24) is 4.90 Å². The number of fused-ring (bicyclic) bond motifs is 1. The Morgan fingerprint density at radius 3 is 2.54 bits per heavy atom. The van der Waals surface area contributed by atoms with E-state index in [0.29, 0.717) is 23.7 Å². The molecule has 0 aromatic heterocycles. The van der Waals surface area contributed by atoms with Crippen molar-refractivity contribution in [3.8, 4) is 11.5 Å². The van der Waals surface area contributed by atoms with Gasteiger partial charge in [0.2, 0.25) is 0 Å². The summed E-state index contributed by atoms with van der Waals surface area (Å²) in [7, 11) is 0. The van der Waals surface area contributed by atoms with E-state index in [2.05, 4.69) is 0 Å². The number of aryl methyl sites for hydroxylation is 1. The van der Waals surface area contributed by atoms with Crippen LogP contribution in [0.15, 0.2) is 48.5 Å². The molecule has 2 aromatic rings. The van der Waals surface area contributed by atoms with E-state index in [0.717, 1.165) is 5.56 Å². The summed E-state index contributed by atoms with van der Waals surface area (Å²) in [6.07, 6.45) is -0.337. The van der Waals surface area contributed by atoms with E-state index in [-0.39, 0.29) is 23.7 Å². The molecule has 1 aliphatic rings. The number of thiocarbonyl (C=S) groups is 1. The maximum atomic E-state index is 12.7. The molecule has 0 saturated heterocycles. The predicted molar refractivity (Wildman–Crippen MR) is 95.4 cm³/mol. The van der Waals surface area contributed by atoms with Gasteiger partial charge in [0.15, 0.2) is 22.7 Å². The van der Waals surface area contributed by atoms with Crippen molar-refractivity contribution in [2.45, 2.75) is 13.0 Å². The largest absolute Gasteiger partial charge is 0.486 e. The molecule has 6 heteroatoms. The van der Waals surface area contributed by atoms with E-state index in [9.17, 15) is 4.79 Å². The zero-order chi connectivity index (χ0) is 17.1. The van der Waals surface area contributed by atoms with Crippen LogP contribution in [-0.4, -0.2) is 35.2 Å². The van der Waals surface area contributed by atoms with Gasteiger partial charge in [-0.15, -0.1) is 0 Å². The average Bonchev–Trinajstić information content (AvgIpc) is 2.59. The molecule has 2 N–H and O–H groups in total. The first-order valence-electron chi connectivity index (χ1n) is 7.61. The number of carbonyl (C=O) groups is 1. The lowest BCUT2D eigenvalue weighted by molar-refractivity contribution is 0.0605. The number of amides is 1. The van der Waals surface area contributed by atoms with Crippen LogP contribution < -0.4 is 15.2 Å². The van der Waals surface area contributed by atoms with Crippen LogP contribution >= 0.6 is 12.2 Å². The normalized spacial score (nSPS) is 15.6. The second kappa shape index (κ2) is 6.88. The van der Waals surface area contributed by atoms with Gasteiger partial charge in [0.1, 0.15) is 6.61 Å². The van der Waals surface area contributed by atoms with Gasteiger partial charge in [0.25, 0.3) is 5.91 Å². The molecule has 1 unspecified atom stereocenters. The molecular formula is C18H18N2O3S. The van der Waals surface area contributed by atoms with Crippen LogP contribution in [0.2, 0.25) is 0 Å². The van der Waals surface area contributed by atoms with Crippen LogP contribution in [0.25, 0.3) is 0 Å². The third kappa shape index (κ3) is 3.49. The maximum Gasteiger partial charge on any atom is 0.260 e. The van der Waals surface area contributed by atoms with Gasteiger partial charge in [-0.3, -0.25) is 9.69 Å². The summed E-state index contributed by atoms with van der Waals surface area (Å²) in [5.74, 6) is 1.10. The van der Waals surface area contributed by atoms with Gasteiger partial charge in [-0.25, -0.2) is 0 Å². The van der Waals surface area contributed by atoms with Crippen molar-refractivity contribution in [3.05, 3.63) is 59.7 Å². The van der Waals surface area contributed by atoms with Crippen LogP contribution in [0, 0.1) is 6.92 Å². The molecule has 1 heterocycles. The fraction of sp³-hybridized carbons (Fsp3) is 0.222. The number of ether oxygens (including phenoxy) is 2. The minimum absolute atomic E-state index is 0.0167. The first-order chi connectivity index (χ1) is 11.5. The summed E-state index contributed by atoms with van der Waals surface area (Å²) in [5.41, 5.74) is 7.37. The number of nitrogens with two attached hydrogens (primary N) is 1. The summed E-state index contributed by atoms with van der Waals surface area (Å²) in [6, 6.07) is 14.7. The van der Waals surface area contributed by atoms with Crippen LogP contribution in [0.1, 0.15) is 15.9 Å². The molecule has 3 rings (SSSR count). The Hall–Kier alpha value is -2.60. The first-order valence-corrected chi connectivity index (χ1v) is 8.02. The molecular weight excluding hydrogens is 324 g/mol. The summed E-state index contributed by atoms with van der Waals surface area (Å²) in [6.45, 7) is 2.53. The van der Waals surface area contributed by atoms with Crippen molar-refractivity contribution in [1.29, 1.82) is 0 Å². The SMILES string of the molecule is Cc1ccc(C(=O)N(CC2COc3ccccc3O2)C(N)=S)cc1. The second-order valence-corrected chi connectivity index (χ2v) is 6.04. The van der Waals surface area contributed by atoms with Gasteiger partial charge in [0, 0.05) is 5.56 Å². The molecule has 1 atom stereocenters. The number of nitrogens with zero attached hydrogens (tertiary/aromatic N) is 1. The lowest BCUT2D eigenvalue weighted by Gasteiger charge is -2.30. The van der Waals surface area contributed by atoms with Gasteiger partial charge in [0.05, 0.1) is 6.54 Å². The highest BCUT2D eigenvalue weighted by Gasteiger charge is 2.27. The Bertz CT molecular complexity index is 761. The maximum absolute atomic E-state index is 12.7. The monoisotopic (exact) mass is 342 g/mol. The van der Waals surface area contributed by atoms with Gasteiger partial charge < -0.3 is 15.2 Å². The van der Waals surface area contributed by atoms with Crippen LogP contribution in [0.5, 0.6) is 11.5 Å². The van der Waals surface area contributed by atoms with Crippen molar-refractivity contribution in [2.75, 3.05) is 13.2 Å². The van der Waals surface area contributed by atoms with Gasteiger partial charge in [-0.05, 0) is 43.4 Å². The lowest BCUT2D eigenvalue weighted by Crippen LogP contribution is -2.48. The zero-order valence-corrected chi connectivity index (χ0v) is 14.1. The Labute approximate surface area is 146 Å². The summed E-state index contributed by atoms with van der Waals surface area (Å²) in [4.78, 5) is 14.0. The van der Waals surface area contributed by atoms with E-state index in [1.165, 1.54) is 4.90 Å². The predicted octanol–water partition coefficient (Wildman–Crippen LogP) is 2.52. The van der Waals surface area contributed by atoms with Crippen molar-refractivity contribution >= 4 is 23.2 Å². The quantitative estimate of drug-likeness (QED) is 0.869. The van der Waals surface area contributed by atoms with Crippen LogP contribution in [0.3, 0.4) is 0 Å². The Morgan fingerprint density at radius 2 is 1.88 bits per heavy atom. The lowest BCUT2D eigenvalue weighted by atomic mass is 10.1. The topological polar surface area (TPSA) is 64.8 Å². The van der Waals surface area contributed by atoms with Gasteiger partial charge >= 0.3 is 0 Å². The molecule has 1 amide bonds. The van der Waals surface area contributed by atoms with Crippen LogP contribution in [-0.2, 0) is 0 Å². The van der Waals surface area contributed by atoms with Gasteiger partial charge in [-0.1, -0.05) is 29.8 Å². The third-order valence-corrected chi connectivity index (χ3v) is 3.98. The molecule has 0 bridgehead atoms. The number of hydrogen-bond acceptors (Lipinski definition) is 4. The first kappa shape index (κ1) is 16.3. The van der Waals surface area contributed by atoms with E-state index in [1.807, 2.05) is 43.3 Å². The standard InChI is InChI=1S/C18H18N2O3S/c1-12-6-8-13(9-7-12)17(21)20(18(19)24)10-14-11-22-15-4-2-3-5-16(15)23-14/h2-9,14H,10-11H2,1H3,(H2,19,24). The molecule has 124 valence electrons. The highest BCUT2D eigenvalue weighted by atomic mass is 32.1. The Morgan fingerprint density at radius 1 is 1.21 bits per heavy atom. The number of benzene rings is 2. The smallest absolute Gasteiger partial charge is 0.260 e. The molecule has 0 aliphatic carbocycles. The highest BCUT2D eigenvalue weighted by molar-refractivity contribution is 7.80. The minimum atomic E-state index is -0.337. The van der Waals surface area contributed by atoms with E-state index in [1.54, 1.807) is 12.1 Å². The molecule has 0 radical (unpaired) electrons. The summed E-state index contributed by atoms with van der Waals surface area (Å²) in [5, 5.41) is 0.0167.